The van der Waals surface area contributed by atoms with E-state index in [0.29, 0.717) is 0 Å². The number of rotatable bonds is 4. The van der Waals surface area contributed by atoms with Gasteiger partial charge in [-0.15, -0.1) is 0 Å². The Labute approximate surface area is 89.6 Å². The molecule has 15 heavy (non-hydrogen) atoms. The van der Waals surface area contributed by atoms with Gasteiger partial charge < -0.3 is 15.5 Å². The van der Waals surface area contributed by atoms with Gasteiger partial charge in [-0.05, 0) is 25.5 Å². The van der Waals surface area contributed by atoms with Gasteiger partial charge in [0.15, 0.2) is 0 Å². The van der Waals surface area contributed by atoms with E-state index < -0.39 is 0 Å². The Morgan fingerprint density at radius 1 is 1.67 bits per heavy atom. The van der Waals surface area contributed by atoms with Crippen molar-refractivity contribution in [3.8, 4) is 0 Å². The van der Waals surface area contributed by atoms with Crippen LogP contribution in [0.2, 0.25) is 0 Å². The molecule has 1 rings (SSSR count). The molecule has 0 aromatic carbocycles. The highest BCUT2D eigenvalue weighted by Crippen LogP contribution is 2.11. The molecule has 0 spiro atoms. The van der Waals surface area contributed by atoms with Crippen molar-refractivity contribution in [1.29, 1.82) is 0 Å². The summed E-state index contributed by atoms with van der Waals surface area (Å²) >= 11 is 0. The van der Waals surface area contributed by atoms with Gasteiger partial charge in [0, 0.05) is 13.3 Å². The second kappa shape index (κ2) is 5.85. The zero-order valence-corrected chi connectivity index (χ0v) is 9.19. The van der Waals surface area contributed by atoms with Crippen LogP contribution in [0.4, 0.5) is 0 Å². The number of oxime groups is 1. The molecule has 0 amide bonds. The number of nitrogens with one attached hydrogen (secondary N) is 2. The third-order valence-corrected chi connectivity index (χ3v) is 2.02. The molecule has 0 bridgehead atoms. The Kier molecular flexibility index (Phi) is 4.40. The maximum Gasteiger partial charge on any atom is 0.128 e. The lowest BCUT2D eigenvalue weighted by atomic mass is 10.1. The monoisotopic (exact) mass is 208 g/mol. The van der Waals surface area contributed by atoms with Crippen LogP contribution in [0, 0.1) is 0 Å². The molecule has 2 N–H and O–H groups in total. The maximum atomic E-state index is 4.86. The maximum absolute atomic E-state index is 4.86. The summed E-state index contributed by atoms with van der Waals surface area (Å²) in [7, 11) is 1.85. The molecule has 5 heteroatoms. The van der Waals surface area contributed by atoms with Gasteiger partial charge in [-0.3, -0.25) is 0 Å². The molecule has 5 nitrogen and oxygen atoms in total. The lowest BCUT2D eigenvalue weighted by Gasteiger charge is -2.20. The first-order chi connectivity index (χ1) is 7.29. The Morgan fingerprint density at radius 2 is 2.47 bits per heavy atom. The molecule has 0 aliphatic carbocycles. The summed E-state index contributed by atoms with van der Waals surface area (Å²) in [6.07, 6.45) is 6.68. The van der Waals surface area contributed by atoms with Crippen LogP contribution in [-0.4, -0.2) is 25.6 Å². The topological polar surface area (TPSA) is 58.0 Å². The van der Waals surface area contributed by atoms with E-state index in [9.17, 15) is 0 Å². The lowest BCUT2D eigenvalue weighted by molar-refractivity contribution is 0.268. The van der Waals surface area contributed by atoms with Crippen molar-refractivity contribution >= 4 is 12.6 Å². The molecule has 0 aromatic rings. The van der Waals surface area contributed by atoms with Gasteiger partial charge in [-0.1, -0.05) is 5.16 Å². The van der Waals surface area contributed by atoms with Gasteiger partial charge in [-0.25, -0.2) is 4.99 Å². The van der Waals surface area contributed by atoms with Gasteiger partial charge in [0.2, 0.25) is 0 Å². The van der Waals surface area contributed by atoms with Gasteiger partial charge in [0.25, 0.3) is 0 Å². The molecular formula is C10H16N4O. The van der Waals surface area contributed by atoms with E-state index in [4.69, 9.17) is 4.84 Å². The lowest BCUT2D eigenvalue weighted by Crippen LogP contribution is -2.32. The van der Waals surface area contributed by atoms with Crippen LogP contribution in [-0.2, 0) is 4.84 Å². The van der Waals surface area contributed by atoms with E-state index in [0.717, 1.165) is 11.4 Å². The summed E-state index contributed by atoms with van der Waals surface area (Å²) in [6, 6.07) is 0.0945. The van der Waals surface area contributed by atoms with Crippen LogP contribution in [0.15, 0.2) is 33.9 Å². The van der Waals surface area contributed by atoms with Gasteiger partial charge in [0.05, 0.1) is 12.4 Å². The van der Waals surface area contributed by atoms with Crippen molar-refractivity contribution in [2.75, 3.05) is 7.05 Å². The summed E-state index contributed by atoms with van der Waals surface area (Å²) < 4.78 is 0. The summed E-state index contributed by atoms with van der Waals surface area (Å²) in [5.41, 5.74) is 1.11. The molecule has 0 aromatic heterocycles. The second-order valence-corrected chi connectivity index (χ2v) is 2.98. The highest BCUT2D eigenvalue weighted by molar-refractivity contribution is 5.61. The van der Waals surface area contributed by atoms with Crippen LogP contribution in [0.1, 0.15) is 13.8 Å². The average Bonchev–Trinajstić information content (AvgIpc) is 2.26. The van der Waals surface area contributed by atoms with E-state index in [1.54, 1.807) is 25.7 Å². The Balaban J connectivity index is 2.60. The summed E-state index contributed by atoms with van der Waals surface area (Å²) in [4.78, 5) is 9.02. The fourth-order valence-electron chi connectivity index (χ4n) is 1.23. The second-order valence-electron chi connectivity index (χ2n) is 2.98. The van der Waals surface area contributed by atoms with Gasteiger partial charge in [0.1, 0.15) is 12.1 Å². The molecule has 0 radical (unpaired) electrons. The highest BCUT2D eigenvalue weighted by Gasteiger charge is 2.13. The zero-order chi connectivity index (χ0) is 11.1. The molecule has 0 fully saturated rings. The minimum absolute atomic E-state index is 0.0945. The molecule has 1 heterocycles. The average molecular weight is 208 g/mol. The number of hydrogen-bond acceptors (Lipinski definition) is 5. The summed E-state index contributed by atoms with van der Waals surface area (Å²) in [5.74, 6) is 0.877. The smallest absolute Gasteiger partial charge is 0.128 e. The first-order valence-electron chi connectivity index (χ1n) is 4.77. The van der Waals surface area contributed by atoms with Crippen LogP contribution in [0.3, 0.4) is 0 Å². The fourth-order valence-corrected chi connectivity index (χ4v) is 1.23. The van der Waals surface area contributed by atoms with E-state index in [1.165, 1.54) is 0 Å². The highest BCUT2D eigenvalue weighted by atomic mass is 16.6. The van der Waals surface area contributed by atoms with Gasteiger partial charge in [-0.2, -0.15) is 0 Å². The van der Waals surface area contributed by atoms with Crippen LogP contribution >= 0.6 is 0 Å². The molecule has 0 saturated heterocycles. The third-order valence-electron chi connectivity index (χ3n) is 2.02. The van der Waals surface area contributed by atoms with Crippen molar-refractivity contribution in [3.63, 3.8) is 0 Å². The molecule has 1 aliphatic heterocycles. The minimum atomic E-state index is 0.0945. The molecule has 82 valence electrons. The normalized spacial score (nSPS) is 21.1. The number of hydrogen-bond donors (Lipinski definition) is 2. The third kappa shape index (κ3) is 3.12. The SMILES string of the molecule is C/C=N/O/C=C/C1NC=NC(NC)=C1C. The van der Waals surface area contributed by atoms with E-state index in [1.807, 2.05) is 20.0 Å². The first-order valence-corrected chi connectivity index (χ1v) is 4.77. The number of aliphatic imine (C=N–C) groups is 1. The Morgan fingerprint density at radius 3 is 3.13 bits per heavy atom. The van der Waals surface area contributed by atoms with Crippen molar-refractivity contribution in [2.45, 2.75) is 19.9 Å². The summed E-state index contributed by atoms with van der Waals surface area (Å²) in [6.45, 7) is 3.80. The van der Waals surface area contributed by atoms with Crippen LogP contribution in [0.5, 0.6) is 0 Å². The standard InChI is InChI=1S/C10H16N4O/c1-4-14-15-6-5-9-8(2)10(11-3)13-7-12-9/h4-7,9,11H,1-3H3,(H,12,13)/b6-5+,14-4+. The van der Waals surface area contributed by atoms with E-state index in [-0.39, 0.29) is 6.04 Å². The summed E-state index contributed by atoms with van der Waals surface area (Å²) in [5, 5.41) is 9.74. The first kappa shape index (κ1) is 11.3. The fraction of sp³-hybridized carbons (Fsp3) is 0.400. The van der Waals surface area contributed by atoms with E-state index >= 15 is 0 Å². The van der Waals surface area contributed by atoms with Crippen molar-refractivity contribution in [2.24, 2.45) is 10.1 Å². The van der Waals surface area contributed by atoms with E-state index in [2.05, 4.69) is 20.8 Å². The molecule has 1 atom stereocenters. The largest absolute Gasteiger partial charge is 0.373 e. The zero-order valence-electron chi connectivity index (χ0n) is 9.19. The molecular weight excluding hydrogens is 192 g/mol. The van der Waals surface area contributed by atoms with Crippen LogP contribution in [0.25, 0.3) is 0 Å². The predicted molar refractivity (Wildman–Crippen MR) is 61.6 cm³/mol. The molecule has 1 unspecified atom stereocenters. The van der Waals surface area contributed by atoms with Crippen molar-refractivity contribution in [3.05, 3.63) is 23.7 Å². The molecule has 0 saturated carbocycles. The van der Waals surface area contributed by atoms with Crippen LogP contribution < -0.4 is 10.6 Å². The quantitative estimate of drug-likeness (QED) is 0.411. The predicted octanol–water partition coefficient (Wildman–Crippen LogP) is 0.973. The van der Waals surface area contributed by atoms with Crippen molar-refractivity contribution < 1.29 is 4.84 Å². The van der Waals surface area contributed by atoms with Gasteiger partial charge >= 0.3 is 0 Å². The van der Waals surface area contributed by atoms with Crippen molar-refractivity contribution in [1.82, 2.24) is 10.6 Å². The minimum Gasteiger partial charge on any atom is -0.373 e. The Hall–Kier alpha value is -1.78. The number of nitrogens with zero attached hydrogens (tertiary/aromatic N) is 2. The Bertz CT molecular complexity index is 317. The molecule has 1 aliphatic rings.